The van der Waals surface area contributed by atoms with Crippen LogP contribution in [0.4, 0.5) is 4.39 Å². The molecule has 110 valence electrons. The van der Waals surface area contributed by atoms with Gasteiger partial charge in [0.1, 0.15) is 16.6 Å². The second-order valence-electron chi connectivity index (χ2n) is 5.51. The first-order valence-electron chi connectivity index (χ1n) is 6.18. The minimum Gasteiger partial charge on any atom is -0.481 e. The Morgan fingerprint density at radius 2 is 2.05 bits per heavy atom. The lowest BCUT2D eigenvalue weighted by atomic mass is 10.1. The third-order valence-electron chi connectivity index (χ3n) is 2.39. The van der Waals surface area contributed by atoms with Crippen molar-refractivity contribution < 1.29 is 13.9 Å². The Balaban J connectivity index is 2.76. The van der Waals surface area contributed by atoms with Crippen LogP contribution < -0.4 is 15.8 Å². The minimum atomic E-state index is -0.732. The Labute approximate surface area is 123 Å². The summed E-state index contributed by atoms with van der Waals surface area (Å²) in [7, 11) is 0. The zero-order chi connectivity index (χ0) is 15.5. The SMILES string of the molecule is CC(Oc1ccc(C(N)=S)c(F)c1)C(=O)NC(C)(C)C. The normalized spacial score (nSPS) is 12.7. The van der Waals surface area contributed by atoms with Crippen LogP contribution >= 0.6 is 12.2 Å². The van der Waals surface area contributed by atoms with Gasteiger partial charge in [0, 0.05) is 17.2 Å². The van der Waals surface area contributed by atoms with Crippen molar-refractivity contribution in [1.82, 2.24) is 5.32 Å². The van der Waals surface area contributed by atoms with Gasteiger partial charge in [0.05, 0.1) is 0 Å². The summed E-state index contributed by atoms with van der Waals surface area (Å²) in [5, 5.41) is 2.78. The molecular formula is C14H19FN2O2S. The number of rotatable bonds is 4. The summed E-state index contributed by atoms with van der Waals surface area (Å²) >= 11 is 4.71. The fraction of sp³-hybridized carbons (Fsp3) is 0.429. The van der Waals surface area contributed by atoms with Gasteiger partial charge in [-0.05, 0) is 39.8 Å². The van der Waals surface area contributed by atoms with Crippen molar-refractivity contribution in [3.63, 3.8) is 0 Å². The van der Waals surface area contributed by atoms with Crippen molar-refractivity contribution in [3.8, 4) is 5.75 Å². The lowest BCUT2D eigenvalue weighted by molar-refractivity contribution is -0.128. The molecule has 0 aliphatic heterocycles. The first-order valence-corrected chi connectivity index (χ1v) is 6.59. The van der Waals surface area contributed by atoms with E-state index in [1.807, 2.05) is 20.8 Å². The molecule has 4 nitrogen and oxygen atoms in total. The second kappa shape index (κ2) is 6.17. The van der Waals surface area contributed by atoms with Gasteiger partial charge in [0.2, 0.25) is 0 Å². The van der Waals surface area contributed by atoms with E-state index in [-0.39, 0.29) is 27.7 Å². The van der Waals surface area contributed by atoms with Gasteiger partial charge in [0.25, 0.3) is 5.91 Å². The van der Waals surface area contributed by atoms with Gasteiger partial charge in [-0.15, -0.1) is 0 Å². The van der Waals surface area contributed by atoms with Crippen LogP contribution in [-0.4, -0.2) is 22.5 Å². The first kappa shape index (κ1) is 16.4. The van der Waals surface area contributed by atoms with E-state index in [0.29, 0.717) is 0 Å². The molecule has 1 atom stereocenters. The van der Waals surface area contributed by atoms with Crippen molar-refractivity contribution in [2.75, 3.05) is 0 Å². The predicted octanol–water partition coefficient (Wildman–Crippen LogP) is 2.14. The lowest BCUT2D eigenvalue weighted by Gasteiger charge is -2.23. The maximum atomic E-state index is 13.7. The molecular weight excluding hydrogens is 279 g/mol. The van der Waals surface area contributed by atoms with Gasteiger partial charge in [-0.25, -0.2) is 4.39 Å². The molecule has 3 N–H and O–H groups in total. The molecule has 6 heteroatoms. The molecule has 0 fully saturated rings. The molecule has 1 amide bonds. The predicted molar refractivity (Wildman–Crippen MR) is 80.3 cm³/mol. The number of hydrogen-bond donors (Lipinski definition) is 2. The molecule has 0 heterocycles. The summed E-state index contributed by atoms with van der Waals surface area (Å²) in [6, 6.07) is 4.12. The Hall–Kier alpha value is -1.69. The van der Waals surface area contributed by atoms with Crippen LogP contribution in [0.25, 0.3) is 0 Å². The van der Waals surface area contributed by atoms with Crippen LogP contribution in [0.3, 0.4) is 0 Å². The van der Waals surface area contributed by atoms with Crippen LogP contribution in [0, 0.1) is 5.82 Å². The summed E-state index contributed by atoms with van der Waals surface area (Å²) in [5.41, 5.74) is 5.17. The molecule has 1 rings (SSSR count). The fourth-order valence-electron chi connectivity index (χ4n) is 1.50. The van der Waals surface area contributed by atoms with Crippen LogP contribution in [0.5, 0.6) is 5.75 Å². The highest BCUT2D eigenvalue weighted by Gasteiger charge is 2.20. The fourth-order valence-corrected chi connectivity index (χ4v) is 1.66. The van der Waals surface area contributed by atoms with Crippen LogP contribution in [0.2, 0.25) is 0 Å². The molecule has 0 radical (unpaired) electrons. The smallest absolute Gasteiger partial charge is 0.261 e. The van der Waals surface area contributed by atoms with Crippen molar-refractivity contribution >= 4 is 23.1 Å². The van der Waals surface area contributed by atoms with Gasteiger partial charge < -0.3 is 15.8 Å². The maximum Gasteiger partial charge on any atom is 0.261 e. The van der Waals surface area contributed by atoms with Crippen molar-refractivity contribution in [1.29, 1.82) is 0 Å². The third kappa shape index (κ3) is 4.77. The van der Waals surface area contributed by atoms with Crippen molar-refractivity contribution in [2.24, 2.45) is 5.73 Å². The quantitative estimate of drug-likeness (QED) is 0.836. The topological polar surface area (TPSA) is 64.3 Å². The maximum absolute atomic E-state index is 13.7. The average molecular weight is 298 g/mol. The monoisotopic (exact) mass is 298 g/mol. The van der Waals surface area contributed by atoms with Gasteiger partial charge in [-0.2, -0.15) is 0 Å². The number of hydrogen-bond acceptors (Lipinski definition) is 3. The zero-order valence-electron chi connectivity index (χ0n) is 12.0. The molecule has 1 unspecified atom stereocenters. The van der Waals surface area contributed by atoms with E-state index in [1.165, 1.54) is 12.1 Å². The molecule has 0 saturated heterocycles. The molecule has 0 saturated carbocycles. The zero-order valence-corrected chi connectivity index (χ0v) is 12.8. The van der Waals surface area contributed by atoms with E-state index >= 15 is 0 Å². The van der Waals surface area contributed by atoms with Crippen molar-refractivity contribution in [2.45, 2.75) is 39.3 Å². The number of nitrogens with one attached hydrogen (secondary N) is 1. The number of halogens is 1. The number of ether oxygens (including phenoxy) is 1. The number of benzene rings is 1. The molecule has 0 aliphatic carbocycles. The van der Waals surface area contributed by atoms with Gasteiger partial charge in [0.15, 0.2) is 6.10 Å². The molecule has 0 aromatic heterocycles. The van der Waals surface area contributed by atoms with E-state index in [9.17, 15) is 9.18 Å². The number of thiocarbonyl (C=S) groups is 1. The number of amides is 1. The highest BCUT2D eigenvalue weighted by Crippen LogP contribution is 2.18. The molecule has 1 aromatic carbocycles. The van der Waals surface area contributed by atoms with Crippen LogP contribution in [0.15, 0.2) is 18.2 Å². The standard InChI is InChI=1S/C14H19FN2O2S/c1-8(13(18)17-14(2,3)4)19-9-5-6-10(12(16)20)11(15)7-9/h5-8H,1-4H3,(H2,16,20)(H,17,18). The summed E-state index contributed by atoms with van der Waals surface area (Å²) < 4.78 is 19.1. The summed E-state index contributed by atoms with van der Waals surface area (Å²) in [4.78, 5) is 11.8. The van der Waals surface area contributed by atoms with Crippen LogP contribution in [0.1, 0.15) is 33.3 Å². The van der Waals surface area contributed by atoms with Gasteiger partial charge in [-0.3, -0.25) is 4.79 Å². The summed E-state index contributed by atoms with van der Waals surface area (Å²) in [5.74, 6) is -0.589. The van der Waals surface area contributed by atoms with E-state index in [0.717, 1.165) is 6.07 Å². The molecule has 0 spiro atoms. The Morgan fingerprint density at radius 1 is 1.45 bits per heavy atom. The number of carbonyl (C=O) groups is 1. The first-order chi connectivity index (χ1) is 9.10. The Bertz CT molecular complexity index is 526. The lowest BCUT2D eigenvalue weighted by Crippen LogP contribution is -2.46. The molecule has 0 bridgehead atoms. The van der Waals surface area contributed by atoms with E-state index in [1.54, 1.807) is 6.92 Å². The van der Waals surface area contributed by atoms with Crippen LogP contribution in [-0.2, 0) is 4.79 Å². The highest BCUT2D eigenvalue weighted by molar-refractivity contribution is 7.80. The summed E-state index contributed by atoms with van der Waals surface area (Å²) in [6.45, 7) is 7.21. The minimum absolute atomic E-state index is 0.0208. The molecule has 1 aromatic rings. The average Bonchev–Trinajstić information content (AvgIpc) is 2.26. The number of nitrogens with two attached hydrogens (primary N) is 1. The summed E-state index contributed by atoms with van der Waals surface area (Å²) in [6.07, 6.45) is -0.732. The van der Waals surface area contributed by atoms with Gasteiger partial charge in [-0.1, -0.05) is 12.2 Å². The van der Waals surface area contributed by atoms with E-state index < -0.39 is 11.9 Å². The highest BCUT2D eigenvalue weighted by atomic mass is 32.1. The van der Waals surface area contributed by atoms with Crippen molar-refractivity contribution in [3.05, 3.63) is 29.6 Å². The molecule has 20 heavy (non-hydrogen) atoms. The largest absolute Gasteiger partial charge is 0.481 e. The third-order valence-corrected chi connectivity index (χ3v) is 2.61. The number of carbonyl (C=O) groups excluding carboxylic acids is 1. The second-order valence-corrected chi connectivity index (χ2v) is 5.95. The van der Waals surface area contributed by atoms with E-state index in [2.05, 4.69) is 5.32 Å². The Kier molecular flexibility index (Phi) is 5.05. The molecule has 0 aliphatic rings. The van der Waals surface area contributed by atoms with Gasteiger partial charge >= 0.3 is 0 Å². The van der Waals surface area contributed by atoms with E-state index in [4.69, 9.17) is 22.7 Å². The Morgan fingerprint density at radius 3 is 2.50 bits per heavy atom.